The lowest BCUT2D eigenvalue weighted by Crippen LogP contribution is -2.55. The molecular weight excluding hydrogens is 379 g/mol. The predicted molar refractivity (Wildman–Crippen MR) is 106 cm³/mol. The van der Waals surface area contributed by atoms with Gasteiger partial charge in [0, 0.05) is 38.3 Å². The molecule has 8 nitrogen and oxygen atoms in total. The third kappa shape index (κ3) is 5.51. The summed E-state index contributed by atoms with van der Waals surface area (Å²) in [6.07, 6.45) is 0.378. The Bertz CT molecular complexity index is 940. The van der Waals surface area contributed by atoms with E-state index in [-0.39, 0.29) is 11.6 Å². The number of pyridine rings is 2. The fraction of sp³-hybridized carbons (Fsp3) is 0.550. The number of rotatable bonds is 4. The molecule has 3 rings (SSSR count). The van der Waals surface area contributed by atoms with Crippen LogP contribution in [0.2, 0.25) is 0 Å². The summed E-state index contributed by atoms with van der Waals surface area (Å²) in [6, 6.07) is 3.90. The fourth-order valence-electron chi connectivity index (χ4n) is 3.44. The molecule has 0 aliphatic carbocycles. The van der Waals surface area contributed by atoms with E-state index in [9.17, 15) is 19.1 Å². The van der Waals surface area contributed by atoms with Crippen molar-refractivity contribution in [1.82, 2.24) is 19.8 Å². The minimum Gasteiger partial charge on any atom is -0.444 e. The molecule has 0 saturated carbocycles. The second kappa shape index (κ2) is 8.46. The molecule has 2 aromatic heterocycles. The molecule has 0 bridgehead atoms. The predicted octanol–water partition coefficient (Wildman–Crippen LogP) is 1.50. The van der Waals surface area contributed by atoms with Crippen molar-refractivity contribution in [2.75, 3.05) is 19.6 Å². The summed E-state index contributed by atoms with van der Waals surface area (Å²) in [6.45, 7) is 7.19. The van der Waals surface area contributed by atoms with Crippen LogP contribution in [-0.4, -0.2) is 63.0 Å². The van der Waals surface area contributed by atoms with E-state index < -0.39 is 23.6 Å². The number of carbonyl (C=O) groups excluding carboxylic acids is 1. The number of nitrogens with zero attached hydrogens (tertiary/aromatic N) is 3. The summed E-state index contributed by atoms with van der Waals surface area (Å²) in [5.74, 6) is -0.499. The number of fused-ring (bicyclic) bond motifs is 1. The van der Waals surface area contributed by atoms with Crippen LogP contribution in [0.3, 0.4) is 0 Å². The molecule has 0 aromatic carbocycles. The molecule has 3 heterocycles. The van der Waals surface area contributed by atoms with E-state index in [2.05, 4.69) is 10.3 Å². The fourth-order valence-corrected chi connectivity index (χ4v) is 3.44. The first kappa shape index (κ1) is 21.2. The number of piperidine rings is 1. The molecule has 158 valence electrons. The highest BCUT2D eigenvalue weighted by molar-refractivity contribution is 5.74. The lowest BCUT2D eigenvalue weighted by atomic mass is 10.0. The molecule has 1 saturated heterocycles. The minimum absolute atomic E-state index is 0.230. The van der Waals surface area contributed by atoms with Gasteiger partial charge in [-0.3, -0.25) is 14.7 Å². The van der Waals surface area contributed by atoms with E-state index in [1.165, 1.54) is 16.7 Å². The first-order valence-corrected chi connectivity index (χ1v) is 9.67. The summed E-state index contributed by atoms with van der Waals surface area (Å²) in [5, 5.41) is 13.1. The topological polar surface area (TPSA) is 96.7 Å². The zero-order valence-electron chi connectivity index (χ0n) is 16.9. The van der Waals surface area contributed by atoms with Crippen LogP contribution in [-0.2, 0) is 11.3 Å². The van der Waals surface area contributed by atoms with Crippen molar-refractivity contribution in [3.05, 3.63) is 40.6 Å². The summed E-state index contributed by atoms with van der Waals surface area (Å²) in [5.41, 5.74) is 0.160. The van der Waals surface area contributed by atoms with E-state index in [4.69, 9.17) is 4.74 Å². The Morgan fingerprint density at radius 1 is 1.38 bits per heavy atom. The van der Waals surface area contributed by atoms with Gasteiger partial charge in [-0.15, -0.1) is 0 Å². The van der Waals surface area contributed by atoms with Gasteiger partial charge < -0.3 is 19.7 Å². The second-order valence-electron chi connectivity index (χ2n) is 8.29. The lowest BCUT2D eigenvalue weighted by Gasteiger charge is -2.36. The van der Waals surface area contributed by atoms with E-state index >= 15 is 0 Å². The first-order valence-electron chi connectivity index (χ1n) is 9.67. The number of nitrogens with one attached hydrogen (secondary N) is 1. The van der Waals surface area contributed by atoms with E-state index in [1.807, 2.05) is 4.90 Å². The van der Waals surface area contributed by atoms with E-state index in [0.717, 1.165) is 6.20 Å². The van der Waals surface area contributed by atoms with Crippen LogP contribution in [0.15, 0.2) is 29.2 Å². The normalized spacial score (nSPS) is 20.6. The van der Waals surface area contributed by atoms with Crippen molar-refractivity contribution in [3.8, 4) is 0 Å². The number of likely N-dealkylation sites (tertiary alicyclic amines) is 1. The first-order chi connectivity index (χ1) is 13.6. The van der Waals surface area contributed by atoms with Gasteiger partial charge in [-0.1, -0.05) is 0 Å². The SMILES string of the molecule is CC(C)(C)OC(=O)N[C@@H]1CCN(CCn2c(=O)ccc3ncc(F)cc32)C[C@@H]1O. The van der Waals surface area contributed by atoms with Crippen LogP contribution in [0, 0.1) is 5.82 Å². The van der Waals surface area contributed by atoms with Crippen LogP contribution in [0.4, 0.5) is 9.18 Å². The molecule has 0 spiro atoms. The standard InChI is InChI=1S/C20H27FN4O4/c1-20(2,3)29-19(28)23-15-6-7-24(12-17(15)26)8-9-25-16-10-13(21)11-22-14(16)4-5-18(25)27/h4-5,10-11,15,17,26H,6-9,12H2,1-3H3,(H,23,28)/t15-,17+/m1/s1. The Hall–Kier alpha value is -2.52. The Kier molecular flexibility index (Phi) is 6.18. The molecule has 2 aromatic rings. The van der Waals surface area contributed by atoms with Crippen LogP contribution in [0.1, 0.15) is 27.2 Å². The summed E-state index contributed by atoms with van der Waals surface area (Å²) >= 11 is 0. The number of carbonyl (C=O) groups is 1. The Morgan fingerprint density at radius 2 is 2.14 bits per heavy atom. The third-order valence-electron chi connectivity index (χ3n) is 4.81. The molecule has 0 unspecified atom stereocenters. The van der Waals surface area contributed by atoms with Gasteiger partial charge in [-0.2, -0.15) is 0 Å². The van der Waals surface area contributed by atoms with Crippen molar-refractivity contribution >= 4 is 17.1 Å². The Morgan fingerprint density at radius 3 is 2.83 bits per heavy atom. The van der Waals surface area contributed by atoms with E-state index in [1.54, 1.807) is 26.8 Å². The molecule has 9 heteroatoms. The summed E-state index contributed by atoms with van der Waals surface area (Å²) in [7, 11) is 0. The Balaban J connectivity index is 1.59. The van der Waals surface area contributed by atoms with Crippen molar-refractivity contribution in [1.29, 1.82) is 0 Å². The quantitative estimate of drug-likeness (QED) is 0.799. The number of hydrogen-bond acceptors (Lipinski definition) is 6. The number of alkyl carbamates (subject to hydrolysis) is 1. The van der Waals surface area contributed by atoms with Gasteiger partial charge in [-0.25, -0.2) is 9.18 Å². The van der Waals surface area contributed by atoms with Gasteiger partial charge >= 0.3 is 6.09 Å². The smallest absolute Gasteiger partial charge is 0.407 e. The molecule has 2 N–H and O–H groups in total. The summed E-state index contributed by atoms with van der Waals surface area (Å²) in [4.78, 5) is 30.2. The maximum absolute atomic E-state index is 13.6. The van der Waals surface area contributed by atoms with Crippen molar-refractivity contribution in [2.24, 2.45) is 0 Å². The van der Waals surface area contributed by atoms with Crippen molar-refractivity contribution in [2.45, 2.75) is 51.5 Å². The van der Waals surface area contributed by atoms with Crippen LogP contribution in [0.5, 0.6) is 0 Å². The minimum atomic E-state index is -0.750. The maximum Gasteiger partial charge on any atom is 0.407 e. The monoisotopic (exact) mass is 406 g/mol. The summed E-state index contributed by atoms with van der Waals surface area (Å²) < 4.78 is 20.3. The van der Waals surface area contributed by atoms with Crippen molar-refractivity contribution < 1.29 is 19.0 Å². The Labute approximate surface area is 168 Å². The van der Waals surface area contributed by atoms with E-state index in [0.29, 0.717) is 43.6 Å². The molecule has 1 fully saturated rings. The molecular formula is C20H27FN4O4. The number of aromatic nitrogens is 2. The van der Waals surface area contributed by atoms with Crippen LogP contribution >= 0.6 is 0 Å². The number of hydrogen-bond donors (Lipinski definition) is 2. The van der Waals surface area contributed by atoms with Crippen LogP contribution < -0.4 is 10.9 Å². The maximum atomic E-state index is 13.6. The zero-order chi connectivity index (χ0) is 21.2. The molecule has 0 radical (unpaired) electrons. The van der Waals surface area contributed by atoms with Gasteiger partial charge in [-0.05, 0) is 33.3 Å². The number of ether oxygens (including phenoxy) is 1. The van der Waals surface area contributed by atoms with Gasteiger partial charge in [0.05, 0.1) is 29.4 Å². The number of amides is 1. The average molecular weight is 406 g/mol. The van der Waals surface area contributed by atoms with Gasteiger partial charge in [0.1, 0.15) is 11.4 Å². The highest BCUT2D eigenvalue weighted by Gasteiger charge is 2.30. The van der Waals surface area contributed by atoms with Gasteiger partial charge in [0.15, 0.2) is 0 Å². The highest BCUT2D eigenvalue weighted by atomic mass is 19.1. The molecule has 1 aliphatic heterocycles. The second-order valence-corrected chi connectivity index (χ2v) is 8.29. The highest BCUT2D eigenvalue weighted by Crippen LogP contribution is 2.15. The number of aliphatic hydroxyl groups excluding tert-OH is 1. The average Bonchev–Trinajstić information content (AvgIpc) is 2.61. The van der Waals surface area contributed by atoms with Crippen LogP contribution in [0.25, 0.3) is 11.0 Å². The molecule has 2 atom stereocenters. The number of β-amino-alcohol motifs (C(OH)–C–C–N with tert-alkyl or cyclic N) is 1. The zero-order valence-corrected chi connectivity index (χ0v) is 16.9. The van der Waals surface area contributed by atoms with Gasteiger partial charge in [0.25, 0.3) is 5.56 Å². The molecule has 1 aliphatic rings. The lowest BCUT2D eigenvalue weighted by molar-refractivity contribution is 0.0194. The number of aliphatic hydroxyl groups is 1. The number of halogens is 1. The largest absolute Gasteiger partial charge is 0.444 e. The van der Waals surface area contributed by atoms with Crippen molar-refractivity contribution in [3.63, 3.8) is 0 Å². The van der Waals surface area contributed by atoms with Gasteiger partial charge in [0.2, 0.25) is 0 Å². The third-order valence-corrected chi connectivity index (χ3v) is 4.81. The molecule has 29 heavy (non-hydrogen) atoms. The molecule has 1 amide bonds.